The van der Waals surface area contributed by atoms with Crippen LogP contribution in [0.4, 0.5) is 0 Å². The molecule has 2 atom stereocenters. The van der Waals surface area contributed by atoms with Crippen LogP contribution in [0.3, 0.4) is 0 Å². The number of hydrogen-bond acceptors (Lipinski definition) is 3. The molecule has 0 aliphatic carbocycles. The van der Waals surface area contributed by atoms with Crippen molar-refractivity contribution in [1.29, 1.82) is 0 Å². The minimum Gasteiger partial charge on any atom is -0.480 e. The molecule has 2 unspecified atom stereocenters. The van der Waals surface area contributed by atoms with Crippen LogP contribution in [0, 0.1) is 5.92 Å². The highest BCUT2D eigenvalue weighted by molar-refractivity contribution is 5.78. The van der Waals surface area contributed by atoms with Crippen molar-refractivity contribution in [3.8, 4) is 0 Å². The molecule has 0 aromatic rings. The molecule has 0 spiro atoms. The van der Waals surface area contributed by atoms with Crippen LogP contribution in [-0.2, 0) is 4.79 Å². The first-order valence-electron chi connectivity index (χ1n) is 8.13. The number of carboxylic acid groups (broad SMARTS) is 1. The summed E-state index contributed by atoms with van der Waals surface area (Å²) in [6, 6.07) is 0.731. The van der Waals surface area contributed by atoms with E-state index in [1.54, 1.807) is 6.92 Å². The number of carboxylic acids is 1. The van der Waals surface area contributed by atoms with Crippen molar-refractivity contribution >= 4 is 5.97 Å². The standard InChI is InChI=1S/C16H32N2O2/c1-5-17-16(4,15(19)20)10-6-7-11-18-12-8-9-14(18)13(2)3/h13-14,17H,5-12H2,1-4H3,(H,19,20). The molecule has 0 radical (unpaired) electrons. The molecule has 1 rings (SSSR count). The van der Waals surface area contributed by atoms with E-state index in [1.807, 2.05) is 6.92 Å². The van der Waals surface area contributed by atoms with Crippen LogP contribution in [0.1, 0.15) is 59.8 Å². The van der Waals surface area contributed by atoms with E-state index in [0.717, 1.165) is 31.3 Å². The molecule has 0 aromatic carbocycles. The van der Waals surface area contributed by atoms with E-state index in [0.29, 0.717) is 13.0 Å². The van der Waals surface area contributed by atoms with Gasteiger partial charge in [0, 0.05) is 6.04 Å². The summed E-state index contributed by atoms with van der Waals surface area (Å²) in [7, 11) is 0. The largest absolute Gasteiger partial charge is 0.480 e. The predicted molar refractivity (Wildman–Crippen MR) is 83.0 cm³/mol. The number of nitrogens with zero attached hydrogens (tertiary/aromatic N) is 1. The SMILES string of the molecule is CCNC(C)(CCCCN1CCCC1C(C)C)C(=O)O. The molecule has 0 bridgehead atoms. The Bertz CT molecular complexity index is 307. The summed E-state index contributed by atoms with van der Waals surface area (Å²) in [4.78, 5) is 13.9. The van der Waals surface area contributed by atoms with E-state index < -0.39 is 11.5 Å². The predicted octanol–water partition coefficient (Wildman–Crippen LogP) is 2.73. The second kappa shape index (κ2) is 7.99. The number of unbranched alkanes of at least 4 members (excludes halogenated alkanes) is 1. The molecule has 0 amide bonds. The number of likely N-dealkylation sites (N-methyl/N-ethyl adjacent to an activating group) is 1. The fourth-order valence-electron chi connectivity index (χ4n) is 3.34. The van der Waals surface area contributed by atoms with Crippen LogP contribution in [-0.4, -0.2) is 47.2 Å². The lowest BCUT2D eigenvalue weighted by Crippen LogP contribution is -2.49. The second-order valence-corrected chi connectivity index (χ2v) is 6.61. The molecule has 0 aromatic heterocycles. The summed E-state index contributed by atoms with van der Waals surface area (Å²) in [5, 5.41) is 12.4. The first kappa shape index (κ1) is 17.4. The summed E-state index contributed by atoms with van der Waals surface area (Å²) in [6.07, 6.45) is 5.40. The second-order valence-electron chi connectivity index (χ2n) is 6.61. The molecule has 118 valence electrons. The van der Waals surface area contributed by atoms with Crippen molar-refractivity contribution in [2.24, 2.45) is 5.92 Å². The lowest BCUT2D eigenvalue weighted by Gasteiger charge is -2.29. The lowest BCUT2D eigenvalue weighted by atomic mass is 9.94. The van der Waals surface area contributed by atoms with Gasteiger partial charge in [-0.25, -0.2) is 0 Å². The Labute approximate surface area is 123 Å². The summed E-state index contributed by atoms with van der Waals surface area (Å²) in [5.41, 5.74) is -0.767. The third kappa shape index (κ3) is 4.74. The molecule has 1 fully saturated rings. The van der Waals surface area contributed by atoms with Gasteiger partial charge in [0.2, 0.25) is 0 Å². The number of aliphatic carboxylic acids is 1. The minimum absolute atomic E-state index is 0.699. The maximum Gasteiger partial charge on any atom is 0.323 e. The van der Waals surface area contributed by atoms with Crippen LogP contribution in [0.2, 0.25) is 0 Å². The zero-order chi connectivity index (χ0) is 15.2. The van der Waals surface area contributed by atoms with Gasteiger partial charge < -0.3 is 15.3 Å². The van der Waals surface area contributed by atoms with E-state index in [2.05, 4.69) is 24.1 Å². The fraction of sp³-hybridized carbons (Fsp3) is 0.938. The van der Waals surface area contributed by atoms with Gasteiger partial charge in [-0.1, -0.05) is 20.8 Å². The summed E-state index contributed by atoms with van der Waals surface area (Å²) in [6.45, 7) is 11.4. The topological polar surface area (TPSA) is 52.6 Å². The Morgan fingerprint density at radius 3 is 2.70 bits per heavy atom. The zero-order valence-electron chi connectivity index (χ0n) is 13.6. The van der Waals surface area contributed by atoms with E-state index in [4.69, 9.17) is 0 Å². The Morgan fingerprint density at radius 1 is 1.45 bits per heavy atom. The fourth-order valence-corrected chi connectivity index (χ4v) is 3.34. The molecule has 0 saturated carbocycles. The highest BCUT2D eigenvalue weighted by Crippen LogP contribution is 2.24. The molecular formula is C16H32N2O2. The van der Waals surface area contributed by atoms with Gasteiger partial charge in [0.05, 0.1) is 0 Å². The maximum absolute atomic E-state index is 11.3. The van der Waals surface area contributed by atoms with E-state index in [1.165, 1.54) is 19.4 Å². The smallest absolute Gasteiger partial charge is 0.323 e. The first-order valence-corrected chi connectivity index (χ1v) is 8.13. The van der Waals surface area contributed by atoms with Gasteiger partial charge in [-0.05, 0) is 64.6 Å². The number of rotatable bonds is 9. The molecular weight excluding hydrogens is 252 g/mol. The zero-order valence-corrected chi connectivity index (χ0v) is 13.6. The number of hydrogen-bond donors (Lipinski definition) is 2. The molecule has 1 heterocycles. The maximum atomic E-state index is 11.3. The normalized spacial score (nSPS) is 23.1. The lowest BCUT2D eigenvalue weighted by molar-refractivity contribution is -0.144. The van der Waals surface area contributed by atoms with Crippen molar-refractivity contribution in [3.63, 3.8) is 0 Å². The minimum atomic E-state index is -0.767. The van der Waals surface area contributed by atoms with Crippen LogP contribution >= 0.6 is 0 Å². The van der Waals surface area contributed by atoms with Gasteiger partial charge in [0.15, 0.2) is 0 Å². The molecule has 1 aliphatic heterocycles. The highest BCUT2D eigenvalue weighted by Gasteiger charge is 2.31. The van der Waals surface area contributed by atoms with Crippen molar-refractivity contribution in [2.45, 2.75) is 71.4 Å². The van der Waals surface area contributed by atoms with Gasteiger partial charge in [-0.3, -0.25) is 4.79 Å². The van der Waals surface area contributed by atoms with Gasteiger partial charge in [-0.15, -0.1) is 0 Å². The van der Waals surface area contributed by atoms with Crippen LogP contribution < -0.4 is 5.32 Å². The van der Waals surface area contributed by atoms with Crippen molar-refractivity contribution in [2.75, 3.05) is 19.6 Å². The Hall–Kier alpha value is -0.610. The summed E-state index contributed by atoms with van der Waals surface area (Å²) < 4.78 is 0. The van der Waals surface area contributed by atoms with Crippen LogP contribution in [0.25, 0.3) is 0 Å². The van der Waals surface area contributed by atoms with E-state index >= 15 is 0 Å². The third-order valence-corrected chi connectivity index (χ3v) is 4.59. The number of likely N-dealkylation sites (tertiary alicyclic amines) is 1. The molecule has 1 aliphatic rings. The summed E-state index contributed by atoms with van der Waals surface area (Å²) >= 11 is 0. The Morgan fingerprint density at radius 2 is 2.15 bits per heavy atom. The van der Waals surface area contributed by atoms with Crippen molar-refractivity contribution in [1.82, 2.24) is 10.2 Å². The highest BCUT2D eigenvalue weighted by atomic mass is 16.4. The van der Waals surface area contributed by atoms with Crippen LogP contribution in [0.5, 0.6) is 0 Å². The summed E-state index contributed by atoms with van der Waals surface area (Å²) in [5.74, 6) is -0.0101. The van der Waals surface area contributed by atoms with Crippen LogP contribution in [0.15, 0.2) is 0 Å². The van der Waals surface area contributed by atoms with Gasteiger partial charge >= 0.3 is 5.97 Å². The van der Waals surface area contributed by atoms with Gasteiger partial charge in [-0.2, -0.15) is 0 Å². The quantitative estimate of drug-likeness (QED) is 0.639. The Balaban J connectivity index is 2.32. The van der Waals surface area contributed by atoms with Gasteiger partial charge in [0.25, 0.3) is 0 Å². The molecule has 4 heteroatoms. The number of nitrogens with one attached hydrogen (secondary N) is 1. The third-order valence-electron chi connectivity index (χ3n) is 4.59. The monoisotopic (exact) mass is 284 g/mol. The Kier molecular flexibility index (Phi) is 6.96. The van der Waals surface area contributed by atoms with Gasteiger partial charge in [0.1, 0.15) is 5.54 Å². The van der Waals surface area contributed by atoms with E-state index in [-0.39, 0.29) is 0 Å². The molecule has 1 saturated heterocycles. The van der Waals surface area contributed by atoms with Crippen molar-refractivity contribution < 1.29 is 9.90 Å². The average Bonchev–Trinajstić information content (AvgIpc) is 2.83. The van der Waals surface area contributed by atoms with E-state index in [9.17, 15) is 9.90 Å². The molecule has 20 heavy (non-hydrogen) atoms. The average molecular weight is 284 g/mol. The molecule has 4 nitrogen and oxygen atoms in total. The molecule has 2 N–H and O–H groups in total. The van der Waals surface area contributed by atoms with Crippen molar-refractivity contribution in [3.05, 3.63) is 0 Å². The number of carbonyl (C=O) groups is 1. The first-order chi connectivity index (χ1) is 9.40.